The van der Waals surface area contributed by atoms with Gasteiger partial charge in [0.2, 0.25) is 0 Å². The number of hydrogen-bond acceptors (Lipinski definition) is 2. The van der Waals surface area contributed by atoms with Gasteiger partial charge in [-0.25, -0.2) is 0 Å². The lowest BCUT2D eigenvalue weighted by Crippen LogP contribution is -2.21. The first-order chi connectivity index (χ1) is 12.4. The van der Waals surface area contributed by atoms with E-state index in [1.54, 1.807) is 0 Å². The van der Waals surface area contributed by atoms with E-state index < -0.39 is 0 Å². The van der Waals surface area contributed by atoms with Gasteiger partial charge in [0, 0.05) is 25.5 Å². The van der Waals surface area contributed by atoms with Crippen LogP contribution < -0.4 is 9.80 Å². The van der Waals surface area contributed by atoms with Crippen LogP contribution in [0, 0.1) is 0 Å². The summed E-state index contributed by atoms with van der Waals surface area (Å²) >= 11 is 0. The van der Waals surface area contributed by atoms with Crippen LogP contribution in [-0.4, -0.2) is 14.1 Å². The first-order valence-corrected chi connectivity index (χ1v) is 9.10. The molecule has 3 rings (SSSR count). The van der Waals surface area contributed by atoms with Gasteiger partial charge in [-0.05, 0) is 41.3 Å². The van der Waals surface area contributed by atoms with Gasteiger partial charge in [-0.2, -0.15) is 0 Å². The number of rotatable bonds is 4. The lowest BCUT2D eigenvalue weighted by atomic mass is 9.85. The van der Waals surface area contributed by atoms with Gasteiger partial charge in [0.25, 0.3) is 0 Å². The maximum Gasteiger partial charge on any atom is 0.0649 e. The predicted octanol–water partition coefficient (Wildman–Crippen LogP) is 6.52. The third-order valence-electron chi connectivity index (χ3n) is 4.82. The van der Waals surface area contributed by atoms with Crippen molar-refractivity contribution in [2.45, 2.75) is 26.2 Å². The number of para-hydroxylation sites is 4. The highest BCUT2D eigenvalue weighted by Crippen LogP contribution is 2.39. The molecule has 3 aromatic carbocycles. The molecule has 26 heavy (non-hydrogen) atoms. The molecule has 0 aliphatic rings. The Balaban J connectivity index is 2.07. The normalized spacial score (nSPS) is 11.3. The second-order valence-electron chi connectivity index (χ2n) is 7.71. The third-order valence-corrected chi connectivity index (χ3v) is 4.82. The van der Waals surface area contributed by atoms with Gasteiger partial charge in [-0.15, -0.1) is 0 Å². The summed E-state index contributed by atoms with van der Waals surface area (Å²) in [5.74, 6) is 0. The fourth-order valence-corrected chi connectivity index (χ4v) is 3.35. The molecule has 0 bridgehead atoms. The molecule has 0 aliphatic carbocycles. The first kappa shape index (κ1) is 18.1. The van der Waals surface area contributed by atoms with E-state index >= 15 is 0 Å². The van der Waals surface area contributed by atoms with Gasteiger partial charge in [0.15, 0.2) is 0 Å². The number of hydrogen-bond donors (Lipinski definition) is 0. The molecule has 0 aliphatic heterocycles. The zero-order chi connectivity index (χ0) is 18.7. The largest absolute Gasteiger partial charge is 0.343 e. The number of anilines is 4. The van der Waals surface area contributed by atoms with Gasteiger partial charge in [0.05, 0.1) is 11.4 Å². The zero-order valence-electron chi connectivity index (χ0n) is 16.4. The fourth-order valence-electron chi connectivity index (χ4n) is 3.35. The summed E-state index contributed by atoms with van der Waals surface area (Å²) in [4.78, 5) is 4.54. The lowest BCUT2D eigenvalue weighted by molar-refractivity contribution is 0.590. The number of nitrogens with zero attached hydrogens (tertiary/aromatic N) is 2. The van der Waals surface area contributed by atoms with Crippen molar-refractivity contribution >= 4 is 22.7 Å². The topological polar surface area (TPSA) is 6.48 Å². The van der Waals surface area contributed by atoms with Gasteiger partial charge in [-0.3, -0.25) is 0 Å². The Bertz CT molecular complexity index is 863. The molecule has 134 valence electrons. The van der Waals surface area contributed by atoms with Crippen LogP contribution in [0.1, 0.15) is 26.3 Å². The van der Waals surface area contributed by atoms with Crippen molar-refractivity contribution in [1.82, 2.24) is 0 Å². The first-order valence-electron chi connectivity index (χ1n) is 9.10. The lowest BCUT2D eigenvalue weighted by Gasteiger charge is -2.32. The van der Waals surface area contributed by atoms with Crippen molar-refractivity contribution < 1.29 is 0 Å². The van der Waals surface area contributed by atoms with Crippen LogP contribution in [0.2, 0.25) is 0 Å². The van der Waals surface area contributed by atoms with Crippen molar-refractivity contribution in [3.8, 4) is 0 Å². The Labute approximate surface area is 157 Å². The quantitative estimate of drug-likeness (QED) is 0.531. The minimum absolute atomic E-state index is 0.0884. The Morgan fingerprint density at radius 2 is 1.00 bits per heavy atom. The summed E-state index contributed by atoms with van der Waals surface area (Å²) in [5.41, 5.74) is 6.23. The van der Waals surface area contributed by atoms with E-state index in [1.807, 2.05) is 0 Å². The Morgan fingerprint density at radius 3 is 1.58 bits per heavy atom. The van der Waals surface area contributed by atoms with E-state index in [-0.39, 0.29) is 5.41 Å². The molecule has 0 aromatic heterocycles. The third kappa shape index (κ3) is 3.60. The van der Waals surface area contributed by atoms with Gasteiger partial charge >= 0.3 is 0 Å². The van der Waals surface area contributed by atoms with Gasteiger partial charge < -0.3 is 9.80 Å². The van der Waals surface area contributed by atoms with Crippen LogP contribution in [0.4, 0.5) is 22.7 Å². The monoisotopic (exact) mass is 344 g/mol. The molecular weight excluding hydrogens is 316 g/mol. The Kier molecular flexibility index (Phi) is 5.03. The molecule has 0 fully saturated rings. The minimum Gasteiger partial charge on any atom is -0.343 e. The molecule has 3 aromatic rings. The molecule has 0 N–H and O–H groups in total. The van der Waals surface area contributed by atoms with E-state index in [9.17, 15) is 0 Å². The molecule has 2 nitrogen and oxygen atoms in total. The van der Waals surface area contributed by atoms with Crippen LogP contribution in [0.5, 0.6) is 0 Å². The van der Waals surface area contributed by atoms with Crippen LogP contribution >= 0.6 is 0 Å². The second-order valence-corrected chi connectivity index (χ2v) is 7.71. The van der Waals surface area contributed by atoms with E-state index in [2.05, 4.69) is 124 Å². The molecule has 0 heterocycles. The molecule has 2 heteroatoms. The summed E-state index contributed by atoms with van der Waals surface area (Å²) < 4.78 is 0. The molecule has 0 spiro atoms. The van der Waals surface area contributed by atoms with Crippen LogP contribution in [-0.2, 0) is 5.41 Å². The summed E-state index contributed by atoms with van der Waals surface area (Å²) in [7, 11) is 4.28. The van der Waals surface area contributed by atoms with Gasteiger partial charge in [0.1, 0.15) is 0 Å². The van der Waals surface area contributed by atoms with Crippen LogP contribution in [0.25, 0.3) is 0 Å². The van der Waals surface area contributed by atoms with E-state index in [0.717, 1.165) is 0 Å². The maximum absolute atomic E-state index is 2.30. The van der Waals surface area contributed by atoms with Crippen molar-refractivity contribution in [3.63, 3.8) is 0 Å². The highest BCUT2D eigenvalue weighted by molar-refractivity contribution is 5.81. The summed E-state index contributed by atoms with van der Waals surface area (Å²) in [6.45, 7) is 6.80. The number of benzene rings is 3. The van der Waals surface area contributed by atoms with Gasteiger partial charge in [-0.1, -0.05) is 69.3 Å². The second kappa shape index (κ2) is 7.25. The van der Waals surface area contributed by atoms with E-state index in [0.29, 0.717) is 0 Å². The Hall–Kier alpha value is -2.74. The van der Waals surface area contributed by atoms with E-state index in [4.69, 9.17) is 0 Å². The smallest absolute Gasteiger partial charge is 0.0649 e. The highest BCUT2D eigenvalue weighted by atomic mass is 15.2. The zero-order valence-corrected chi connectivity index (χ0v) is 16.4. The van der Waals surface area contributed by atoms with Crippen molar-refractivity contribution in [3.05, 3.63) is 84.4 Å². The fraction of sp³-hybridized carbons (Fsp3) is 0.250. The predicted molar refractivity (Wildman–Crippen MR) is 114 cm³/mol. The van der Waals surface area contributed by atoms with Crippen LogP contribution in [0.3, 0.4) is 0 Å². The van der Waals surface area contributed by atoms with Crippen molar-refractivity contribution in [1.29, 1.82) is 0 Å². The maximum atomic E-state index is 2.30. The molecule has 0 saturated heterocycles. The summed E-state index contributed by atoms with van der Waals surface area (Å²) in [6.07, 6.45) is 0. The molecule has 0 amide bonds. The average molecular weight is 345 g/mol. The van der Waals surface area contributed by atoms with Crippen LogP contribution in [0.15, 0.2) is 78.9 Å². The van der Waals surface area contributed by atoms with Crippen molar-refractivity contribution in [2.24, 2.45) is 0 Å². The van der Waals surface area contributed by atoms with E-state index in [1.165, 1.54) is 28.3 Å². The average Bonchev–Trinajstić information content (AvgIpc) is 2.67. The highest BCUT2D eigenvalue weighted by Gasteiger charge is 2.21. The Morgan fingerprint density at radius 1 is 0.538 bits per heavy atom. The van der Waals surface area contributed by atoms with Crippen molar-refractivity contribution in [2.75, 3.05) is 23.9 Å². The minimum atomic E-state index is 0.0884. The summed E-state index contributed by atoms with van der Waals surface area (Å²) in [5, 5.41) is 0. The molecule has 0 atom stereocenters. The molecular formula is C24H28N2. The SMILES string of the molecule is CN(c1ccccc1)c1ccccc1N(C)c1ccccc1C(C)(C)C. The molecule has 0 radical (unpaired) electrons. The molecule has 0 saturated carbocycles. The standard InChI is InChI=1S/C24H28N2/c1-24(2,3)20-15-9-10-16-21(20)26(5)23-18-12-11-17-22(23)25(4)19-13-7-6-8-14-19/h6-18H,1-5H3. The molecule has 0 unspecified atom stereocenters. The summed E-state index contributed by atoms with van der Waals surface area (Å²) in [6, 6.07) is 27.7.